The summed E-state index contributed by atoms with van der Waals surface area (Å²) in [6, 6.07) is 3.67. The third-order valence-corrected chi connectivity index (χ3v) is 6.90. The maximum absolute atomic E-state index is 12.3. The van der Waals surface area contributed by atoms with Crippen molar-refractivity contribution >= 4 is 38.4 Å². The summed E-state index contributed by atoms with van der Waals surface area (Å²) >= 11 is 0. The van der Waals surface area contributed by atoms with E-state index in [0.717, 1.165) is 29.4 Å². The molecule has 29 heavy (non-hydrogen) atoms. The standard InChI is InChI=1S/C20H25FN4O3S/c21-9-1-11-29(27,28)25-15-6-4-13(5-7-15)17-12-18(24-20(26)14-2-3-14)23-19-16(17)8-10-22-19/h4,8,10,12,14-15,25H,1-3,5-7,9,11H2,(H2,22,23,24,26). The largest absolute Gasteiger partial charge is 0.346 e. The first-order valence-electron chi connectivity index (χ1n) is 9.99. The van der Waals surface area contributed by atoms with Crippen LogP contribution in [0.2, 0.25) is 0 Å². The molecule has 2 aromatic heterocycles. The van der Waals surface area contributed by atoms with Crippen molar-refractivity contribution in [3.05, 3.63) is 30.0 Å². The van der Waals surface area contributed by atoms with E-state index in [1.807, 2.05) is 24.4 Å². The molecule has 2 aliphatic rings. The molecule has 2 aliphatic carbocycles. The monoisotopic (exact) mass is 420 g/mol. The van der Waals surface area contributed by atoms with Crippen LogP contribution in [0.25, 0.3) is 16.6 Å². The SMILES string of the molecule is O=C(Nc1cc(C2=CCC(NS(=O)(=O)CCCF)CC2)c2cc[nH]c2n1)C1CC1. The number of carbonyl (C=O) groups excluding carboxylic acids is 1. The Morgan fingerprint density at radius 1 is 1.31 bits per heavy atom. The molecule has 4 rings (SSSR count). The van der Waals surface area contributed by atoms with Gasteiger partial charge in [-0.05, 0) is 61.8 Å². The molecule has 0 aliphatic heterocycles. The van der Waals surface area contributed by atoms with Crippen molar-refractivity contribution in [2.75, 3.05) is 17.7 Å². The summed E-state index contributed by atoms with van der Waals surface area (Å²) < 4.78 is 39.0. The van der Waals surface area contributed by atoms with Crippen molar-refractivity contribution in [2.24, 2.45) is 5.92 Å². The van der Waals surface area contributed by atoms with Crippen LogP contribution in [0.15, 0.2) is 24.4 Å². The van der Waals surface area contributed by atoms with Gasteiger partial charge in [0.25, 0.3) is 0 Å². The average Bonchev–Trinajstić information content (AvgIpc) is 3.44. The Morgan fingerprint density at radius 2 is 2.14 bits per heavy atom. The van der Waals surface area contributed by atoms with E-state index in [0.29, 0.717) is 30.7 Å². The van der Waals surface area contributed by atoms with Crippen LogP contribution in [-0.2, 0) is 14.8 Å². The number of allylic oxidation sites excluding steroid dienone is 1. The number of aromatic amines is 1. The molecule has 9 heteroatoms. The average molecular weight is 421 g/mol. The number of amides is 1. The van der Waals surface area contributed by atoms with E-state index >= 15 is 0 Å². The summed E-state index contributed by atoms with van der Waals surface area (Å²) in [4.78, 5) is 19.7. The Hall–Kier alpha value is -2.26. The Bertz CT molecular complexity index is 1040. The molecular formula is C20H25FN4O3S. The van der Waals surface area contributed by atoms with E-state index in [1.165, 1.54) is 0 Å². The summed E-state index contributed by atoms with van der Waals surface area (Å²) in [6.45, 7) is -0.635. The number of anilines is 1. The molecular weight excluding hydrogens is 395 g/mol. The first-order valence-corrected chi connectivity index (χ1v) is 11.6. The molecule has 1 amide bonds. The second-order valence-corrected chi connectivity index (χ2v) is 9.61. The molecule has 1 unspecified atom stereocenters. The van der Waals surface area contributed by atoms with E-state index in [1.54, 1.807) is 0 Å². The third kappa shape index (κ3) is 4.84. The molecule has 1 saturated carbocycles. The zero-order valence-corrected chi connectivity index (χ0v) is 16.9. The van der Waals surface area contributed by atoms with Gasteiger partial charge in [-0.1, -0.05) is 6.08 Å². The van der Waals surface area contributed by atoms with Gasteiger partial charge in [-0.3, -0.25) is 9.18 Å². The number of pyridine rings is 1. The number of hydrogen-bond acceptors (Lipinski definition) is 4. The Balaban J connectivity index is 1.51. The molecule has 0 spiro atoms. The summed E-state index contributed by atoms with van der Waals surface area (Å²) in [5.41, 5.74) is 2.82. The van der Waals surface area contributed by atoms with Crippen LogP contribution in [0.5, 0.6) is 0 Å². The van der Waals surface area contributed by atoms with Crippen LogP contribution in [-0.4, -0.2) is 42.8 Å². The molecule has 0 bridgehead atoms. The van der Waals surface area contributed by atoms with E-state index in [-0.39, 0.29) is 30.0 Å². The predicted molar refractivity (Wildman–Crippen MR) is 111 cm³/mol. The maximum atomic E-state index is 12.3. The van der Waals surface area contributed by atoms with Gasteiger partial charge in [0.15, 0.2) is 0 Å². The van der Waals surface area contributed by atoms with Crippen LogP contribution in [0.4, 0.5) is 10.2 Å². The van der Waals surface area contributed by atoms with Crippen molar-refractivity contribution < 1.29 is 17.6 Å². The number of H-pyrrole nitrogens is 1. The number of nitrogens with zero attached hydrogens (tertiary/aromatic N) is 1. The lowest BCUT2D eigenvalue weighted by Gasteiger charge is -2.23. The van der Waals surface area contributed by atoms with E-state index < -0.39 is 16.7 Å². The van der Waals surface area contributed by atoms with E-state index in [4.69, 9.17) is 0 Å². The molecule has 2 aromatic rings. The molecule has 1 atom stereocenters. The highest BCUT2D eigenvalue weighted by molar-refractivity contribution is 7.89. The molecule has 1 fully saturated rings. The fourth-order valence-electron chi connectivity index (χ4n) is 3.68. The van der Waals surface area contributed by atoms with Crippen LogP contribution in [0, 0.1) is 5.92 Å². The number of sulfonamides is 1. The zero-order chi connectivity index (χ0) is 20.4. The van der Waals surface area contributed by atoms with Gasteiger partial charge in [-0.25, -0.2) is 18.1 Å². The number of alkyl halides is 1. The second-order valence-electron chi connectivity index (χ2n) is 7.74. The van der Waals surface area contributed by atoms with Crippen molar-refractivity contribution in [1.82, 2.24) is 14.7 Å². The van der Waals surface area contributed by atoms with Gasteiger partial charge in [0.2, 0.25) is 15.9 Å². The summed E-state index contributed by atoms with van der Waals surface area (Å²) in [6.07, 6.45) is 7.67. The van der Waals surface area contributed by atoms with Gasteiger partial charge in [0, 0.05) is 23.5 Å². The number of halogens is 1. The molecule has 0 radical (unpaired) electrons. The summed E-state index contributed by atoms with van der Waals surface area (Å²) in [7, 11) is -3.46. The summed E-state index contributed by atoms with van der Waals surface area (Å²) in [5, 5.41) is 3.88. The van der Waals surface area contributed by atoms with Crippen molar-refractivity contribution in [3.63, 3.8) is 0 Å². The fourth-order valence-corrected chi connectivity index (χ4v) is 5.01. The van der Waals surface area contributed by atoms with Crippen LogP contribution in [0.1, 0.15) is 44.1 Å². The topological polar surface area (TPSA) is 104 Å². The minimum atomic E-state index is -3.46. The predicted octanol–water partition coefficient (Wildman–Crippen LogP) is 3.13. The number of nitrogens with one attached hydrogen (secondary N) is 3. The lowest BCUT2D eigenvalue weighted by atomic mass is 9.90. The van der Waals surface area contributed by atoms with Crippen LogP contribution < -0.4 is 10.0 Å². The summed E-state index contributed by atoms with van der Waals surface area (Å²) in [5.74, 6) is 0.450. The van der Waals surface area contributed by atoms with Gasteiger partial charge in [-0.15, -0.1) is 0 Å². The Morgan fingerprint density at radius 3 is 2.83 bits per heavy atom. The van der Waals surface area contributed by atoms with Crippen LogP contribution in [0.3, 0.4) is 0 Å². The fraction of sp³-hybridized carbons (Fsp3) is 0.500. The highest BCUT2D eigenvalue weighted by Crippen LogP contribution is 2.34. The van der Waals surface area contributed by atoms with Gasteiger partial charge >= 0.3 is 0 Å². The number of fused-ring (bicyclic) bond motifs is 1. The zero-order valence-electron chi connectivity index (χ0n) is 16.1. The molecule has 2 heterocycles. The maximum Gasteiger partial charge on any atom is 0.228 e. The van der Waals surface area contributed by atoms with Crippen molar-refractivity contribution in [3.8, 4) is 0 Å². The lowest BCUT2D eigenvalue weighted by molar-refractivity contribution is -0.117. The van der Waals surface area contributed by atoms with Gasteiger partial charge in [0.05, 0.1) is 12.4 Å². The number of carbonyl (C=O) groups is 1. The third-order valence-electron chi connectivity index (χ3n) is 5.38. The molecule has 156 valence electrons. The molecule has 7 nitrogen and oxygen atoms in total. The highest BCUT2D eigenvalue weighted by atomic mass is 32.2. The first-order chi connectivity index (χ1) is 13.9. The quantitative estimate of drug-likeness (QED) is 0.610. The van der Waals surface area contributed by atoms with Crippen molar-refractivity contribution in [1.29, 1.82) is 0 Å². The van der Waals surface area contributed by atoms with Gasteiger partial charge in [0.1, 0.15) is 11.5 Å². The highest BCUT2D eigenvalue weighted by Gasteiger charge is 2.30. The number of rotatable bonds is 8. The molecule has 0 saturated heterocycles. The van der Waals surface area contributed by atoms with E-state index in [9.17, 15) is 17.6 Å². The second kappa shape index (κ2) is 8.23. The minimum absolute atomic E-state index is 0.00901. The number of aromatic nitrogens is 2. The Kier molecular flexibility index (Phi) is 5.69. The normalized spacial score (nSPS) is 19.9. The van der Waals surface area contributed by atoms with Gasteiger partial charge < -0.3 is 10.3 Å². The minimum Gasteiger partial charge on any atom is -0.346 e. The lowest BCUT2D eigenvalue weighted by Crippen LogP contribution is -2.37. The smallest absolute Gasteiger partial charge is 0.228 e. The molecule has 3 N–H and O–H groups in total. The molecule has 0 aromatic carbocycles. The van der Waals surface area contributed by atoms with E-state index in [2.05, 4.69) is 20.0 Å². The van der Waals surface area contributed by atoms with Gasteiger partial charge in [-0.2, -0.15) is 0 Å². The number of hydrogen-bond donors (Lipinski definition) is 3. The Labute approximate surface area is 169 Å². The van der Waals surface area contributed by atoms with Crippen molar-refractivity contribution in [2.45, 2.75) is 44.6 Å². The first kappa shape index (κ1) is 20.0. The van der Waals surface area contributed by atoms with Crippen LogP contribution >= 0.6 is 0 Å².